The van der Waals surface area contributed by atoms with Gasteiger partial charge in [0.25, 0.3) is 0 Å². The van der Waals surface area contributed by atoms with E-state index in [9.17, 15) is 0 Å². The van der Waals surface area contributed by atoms with E-state index >= 15 is 0 Å². The van der Waals surface area contributed by atoms with E-state index in [4.69, 9.17) is 35.4 Å². The molecule has 14 heavy (non-hydrogen) atoms. The maximum atomic E-state index is 5.95. The zero-order chi connectivity index (χ0) is 10.2. The summed E-state index contributed by atoms with van der Waals surface area (Å²) >= 11 is 19.0. The molecule has 2 fully saturated rings. The molecule has 1 unspecified atom stereocenters. The molecular formula is C9H13Cl2NS2. The van der Waals surface area contributed by atoms with Crippen molar-refractivity contribution in [2.24, 2.45) is 5.92 Å². The van der Waals surface area contributed by atoms with Crippen LogP contribution < -0.4 is 0 Å². The molecule has 0 amide bonds. The molecule has 0 radical (unpaired) electrons. The Morgan fingerprint density at radius 1 is 1.43 bits per heavy atom. The van der Waals surface area contributed by atoms with Crippen LogP contribution in [0.3, 0.4) is 0 Å². The third-order valence-corrected chi connectivity index (χ3v) is 5.34. The van der Waals surface area contributed by atoms with Gasteiger partial charge in [-0.05, 0) is 19.3 Å². The van der Waals surface area contributed by atoms with Gasteiger partial charge < -0.3 is 4.90 Å². The fourth-order valence-corrected chi connectivity index (χ4v) is 3.82. The van der Waals surface area contributed by atoms with E-state index in [2.05, 4.69) is 4.90 Å². The van der Waals surface area contributed by atoms with Crippen molar-refractivity contribution in [1.82, 2.24) is 4.90 Å². The van der Waals surface area contributed by atoms with Gasteiger partial charge in [0.2, 0.25) is 0 Å². The van der Waals surface area contributed by atoms with Crippen molar-refractivity contribution in [1.29, 1.82) is 0 Å². The average Bonchev–Trinajstić information content (AvgIpc) is 2.58. The van der Waals surface area contributed by atoms with Gasteiger partial charge in [0.1, 0.15) is 8.65 Å². The maximum absolute atomic E-state index is 5.95. The lowest BCUT2D eigenvalue weighted by Gasteiger charge is -2.17. The van der Waals surface area contributed by atoms with Crippen LogP contribution in [-0.2, 0) is 0 Å². The highest BCUT2D eigenvalue weighted by Crippen LogP contribution is 2.54. The van der Waals surface area contributed by atoms with Crippen molar-refractivity contribution in [3.63, 3.8) is 0 Å². The van der Waals surface area contributed by atoms with Gasteiger partial charge in [0.05, 0.1) is 0 Å². The lowest BCUT2D eigenvalue weighted by molar-refractivity contribution is 0.539. The Bertz CT molecular complexity index is 239. The van der Waals surface area contributed by atoms with Crippen molar-refractivity contribution in [3.05, 3.63) is 0 Å². The zero-order valence-corrected chi connectivity index (χ0v) is 11.0. The van der Waals surface area contributed by atoms with Gasteiger partial charge in [-0.15, -0.1) is 23.2 Å². The standard InChI is InChI=1S/C9H13Cl2NS2/c10-9(11)5-7(9)6-14-8(13)12-3-1-2-4-12/h7H,1-6H2. The second-order valence-electron chi connectivity index (χ2n) is 3.93. The molecular weight excluding hydrogens is 257 g/mol. The van der Waals surface area contributed by atoms with E-state index in [-0.39, 0.29) is 0 Å². The van der Waals surface area contributed by atoms with Crippen LogP contribution in [0, 0.1) is 5.92 Å². The van der Waals surface area contributed by atoms with Crippen molar-refractivity contribution in [2.45, 2.75) is 23.6 Å². The molecule has 0 aromatic heterocycles. The van der Waals surface area contributed by atoms with E-state index in [0.29, 0.717) is 5.92 Å². The van der Waals surface area contributed by atoms with Crippen LogP contribution in [0.15, 0.2) is 0 Å². The number of alkyl halides is 2. The smallest absolute Gasteiger partial charge is 0.136 e. The molecule has 0 aromatic rings. The highest BCUT2D eigenvalue weighted by Gasteiger charge is 2.51. The monoisotopic (exact) mass is 269 g/mol. The molecule has 1 atom stereocenters. The molecule has 1 heterocycles. The Hall–Kier alpha value is 0.820. The van der Waals surface area contributed by atoms with Gasteiger partial charge in [-0.1, -0.05) is 24.0 Å². The molecule has 80 valence electrons. The van der Waals surface area contributed by atoms with E-state index in [1.54, 1.807) is 11.8 Å². The van der Waals surface area contributed by atoms with E-state index in [1.807, 2.05) is 0 Å². The van der Waals surface area contributed by atoms with Gasteiger partial charge in [-0.2, -0.15) is 0 Å². The van der Waals surface area contributed by atoms with Gasteiger partial charge in [-0.3, -0.25) is 0 Å². The molecule has 2 rings (SSSR count). The largest absolute Gasteiger partial charge is 0.358 e. The van der Waals surface area contributed by atoms with Crippen LogP contribution in [0.1, 0.15) is 19.3 Å². The first kappa shape index (κ1) is 11.3. The molecule has 2 aliphatic rings. The Kier molecular flexibility index (Phi) is 3.52. The number of likely N-dealkylation sites (tertiary alicyclic amines) is 1. The predicted octanol–water partition coefficient (Wildman–Crippen LogP) is 3.29. The van der Waals surface area contributed by atoms with E-state index < -0.39 is 4.33 Å². The molecule has 1 nitrogen and oxygen atoms in total. The first-order valence-corrected chi connectivity index (χ1v) is 7.04. The average molecular weight is 270 g/mol. The van der Waals surface area contributed by atoms with Crippen molar-refractivity contribution < 1.29 is 0 Å². The molecule has 0 spiro atoms. The molecule has 1 saturated carbocycles. The summed E-state index contributed by atoms with van der Waals surface area (Å²) in [6.45, 7) is 2.26. The normalized spacial score (nSPS) is 29.3. The Labute approximate surface area is 104 Å². The number of nitrogens with zero attached hydrogens (tertiary/aromatic N) is 1. The summed E-state index contributed by atoms with van der Waals surface area (Å²) < 4.78 is 0.576. The minimum Gasteiger partial charge on any atom is -0.358 e. The quantitative estimate of drug-likeness (QED) is 0.560. The van der Waals surface area contributed by atoms with Crippen molar-refractivity contribution in [3.8, 4) is 0 Å². The fourth-order valence-electron chi connectivity index (χ4n) is 1.61. The highest BCUT2D eigenvalue weighted by atomic mass is 35.5. The summed E-state index contributed by atoms with van der Waals surface area (Å²) in [6, 6.07) is 0. The Balaban J connectivity index is 1.68. The van der Waals surface area contributed by atoms with Crippen LogP contribution in [0.2, 0.25) is 0 Å². The van der Waals surface area contributed by atoms with Gasteiger partial charge in [0, 0.05) is 24.8 Å². The molecule has 0 aromatic carbocycles. The first-order chi connectivity index (χ1) is 6.59. The van der Waals surface area contributed by atoms with E-state index in [0.717, 1.165) is 29.6 Å². The molecule has 1 aliphatic heterocycles. The summed E-state index contributed by atoms with van der Waals surface area (Å²) in [5, 5.41) is 0. The van der Waals surface area contributed by atoms with Gasteiger partial charge >= 0.3 is 0 Å². The third kappa shape index (κ3) is 2.69. The number of hydrogen-bond acceptors (Lipinski definition) is 2. The summed E-state index contributed by atoms with van der Waals surface area (Å²) in [5.74, 6) is 1.42. The second-order valence-corrected chi connectivity index (χ2v) is 7.13. The van der Waals surface area contributed by atoms with Gasteiger partial charge in [0.15, 0.2) is 0 Å². The lowest BCUT2D eigenvalue weighted by Crippen LogP contribution is -2.23. The van der Waals surface area contributed by atoms with Crippen molar-refractivity contribution in [2.75, 3.05) is 18.8 Å². The topological polar surface area (TPSA) is 3.24 Å². The van der Waals surface area contributed by atoms with E-state index in [1.165, 1.54) is 12.8 Å². The molecule has 1 aliphatic carbocycles. The molecule has 0 bridgehead atoms. The molecule has 0 N–H and O–H groups in total. The molecule has 5 heteroatoms. The second kappa shape index (κ2) is 4.36. The van der Waals surface area contributed by atoms with Crippen LogP contribution in [0.25, 0.3) is 0 Å². The number of thiocarbonyl (C=S) groups is 1. The fraction of sp³-hybridized carbons (Fsp3) is 0.889. The van der Waals surface area contributed by atoms with Crippen LogP contribution in [0.4, 0.5) is 0 Å². The number of thioether (sulfide) groups is 1. The first-order valence-electron chi connectivity index (χ1n) is 4.89. The summed E-state index contributed by atoms with van der Waals surface area (Å²) in [4.78, 5) is 2.28. The summed E-state index contributed by atoms with van der Waals surface area (Å²) in [5.41, 5.74) is 0. The van der Waals surface area contributed by atoms with Crippen LogP contribution in [0.5, 0.6) is 0 Å². The Morgan fingerprint density at radius 3 is 2.50 bits per heavy atom. The highest BCUT2D eigenvalue weighted by molar-refractivity contribution is 8.22. The summed E-state index contributed by atoms with van der Waals surface area (Å²) in [7, 11) is 0. The summed E-state index contributed by atoms with van der Waals surface area (Å²) in [6.07, 6.45) is 3.48. The zero-order valence-electron chi connectivity index (χ0n) is 7.84. The third-order valence-electron chi connectivity index (χ3n) is 2.73. The minimum atomic E-state index is -0.451. The Morgan fingerprint density at radius 2 is 2.00 bits per heavy atom. The number of rotatable bonds is 2. The number of halogens is 2. The SMILES string of the molecule is S=C(SCC1CC1(Cl)Cl)N1CCCC1. The lowest BCUT2D eigenvalue weighted by atomic mass is 10.4. The molecule has 1 saturated heterocycles. The van der Waals surface area contributed by atoms with Crippen molar-refractivity contribution >= 4 is 51.5 Å². The predicted molar refractivity (Wildman–Crippen MR) is 68.4 cm³/mol. The minimum absolute atomic E-state index is 0.441. The van der Waals surface area contributed by atoms with Gasteiger partial charge in [-0.25, -0.2) is 0 Å². The maximum Gasteiger partial charge on any atom is 0.136 e. The number of hydrogen-bond donors (Lipinski definition) is 0. The van der Waals surface area contributed by atoms with Crippen LogP contribution in [-0.4, -0.2) is 32.4 Å². The van der Waals surface area contributed by atoms with Crippen LogP contribution >= 0.6 is 47.2 Å².